The van der Waals surface area contributed by atoms with Crippen molar-refractivity contribution in [1.82, 2.24) is 0 Å². The van der Waals surface area contributed by atoms with Crippen molar-refractivity contribution in [3.8, 4) is 0 Å². The van der Waals surface area contributed by atoms with Gasteiger partial charge in [-0.15, -0.1) is 0 Å². The summed E-state index contributed by atoms with van der Waals surface area (Å²) in [6.45, 7) is 9.75. The van der Waals surface area contributed by atoms with Crippen LogP contribution in [-0.4, -0.2) is 18.5 Å². The van der Waals surface area contributed by atoms with Crippen LogP contribution in [0.1, 0.15) is 47.0 Å². The normalized spacial score (nSPS) is 52.2. The molecule has 0 N–H and O–H groups in total. The van der Waals surface area contributed by atoms with Gasteiger partial charge in [0.25, 0.3) is 0 Å². The summed E-state index contributed by atoms with van der Waals surface area (Å²) in [6.07, 6.45) is 4.49. The molecule has 1 aliphatic heterocycles. The van der Waals surface area contributed by atoms with E-state index in [4.69, 9.17) is 9.47 Å². The van der Waals surface area contributed by atoms with E-state index in [1.165, 1.54) is 19.3 Å². The number of ether oxygens (including phenoxy) is 2. The fourth-order valence-electron chi connectivity index (χ4n) is 4.58. The maximum atomic E-state index is 5.96. The Balaban J connectivity index is 1.58. The summed E-state index contributed by atoms with van der Waals surface area (Å²) in [5.74, 6) is 4.38. The van der Waals surface area contributed by atoms with Gasteiger partial charge in [-0.3, -0.25) is 0 Å². The molecule has 17 heavy (non-hydrogen) atoms. The van der Waals surface area contributed by atoms with Crippen LogP contribution in [0.15, 0.2) is 0 Å². The first-order valence-corrected chi connectivity index (χ1v) is 7.28. The molecule has 2 saturated carbocycles. The van der Waals surface area contributed by atoms with Crippen LogP contribution in [0.4, 0.5) is 0 Å². The highest BCUT2D eigenvalue weighted by molar-refractivity contribution is 4.98. The number of hydrogen-bond donors (Lipinski definition) is 0. The largest absolute Gasteiger partial charge is 0.348 e. The second-order valence-electron chi connectivity index (χ2n) is 7.06. The predicted octanol–water partition coefficient (Wildman–Crippen LogP) is 3.46. The maximum absolute atomic E-state index is 5.96. The van der Waals surface area contributed by atoms with Gasteiger partial charge in [0.2, 0.25) is 0 Å². The Kier molecular flexibility index (Phi) is 2.79. The molecule has 6 atom stereocenters. The van der Waals surface area contributed by atoms with Gasteiger partial charge in [-0.1, -0.05) is 13.8 Å². The minimum atomic E-state index is -0.346. The molecule has 2 heteroatoms. The average molecular weight is 238 g/mol. The van der Waals surface area contributed by atoms with E-state index in [0.717, 1.165) is 36.2 Å². The second kappa shape index (κ2) is 3.96. The van der Waals surface area contributed by atoms with Crippen LogP contribution in [0.25, 0.3) is 0 Å². The summed E-state index contributed by atoms with van der Waals surface area (Å²) in [5.41, 5.74) is 0. The lowest BCUT2D eigenvalue weighted by Crippen LogP contribution is -2.29. The van der Waals surface area contributed by atoms with Gasteiger partial charge in [0.05, 0.1) is 12.7 Å². The summed E-state index contributed by atoms with van der Waals surface area (Å²) in [5, 5.41) is 0. The molecule has 0 radical (unpaired) electrons. The van der Waals surface area contributed by atoms with Gasteiger partial charge in [0.1, 0.15) is 0 Å². The SMILES string of the molecule is CC1C2CC(CC3COC(C)(C)O3)C(C2)C1C. The van der Waals surface area contributed by atoms with Crippen molar-refractivity contribution in [2.24, 2.45) is 29.6 Å². The molecule has 2 bridgehead atoms. The van der Waals surface area contributed by atoms with E-state index in [1.807, 2.05) is 13.8 Å². The van der Waals surface area contributed by atoms with Gasteiger partial charge in [0.15, 0.2) is 5.79 Å². The summed E-state index contributed by atoms with van der Waals surface area (Å²) in [7, 11) is 0. The van der Waals surface area contributed by atoms with E-state index in [0.29, 0.717) is 6.10 Å². The zero-order valence-electron chi connectivity index (χ0n) is 11.6. The van der Waals surface area contributed by atoms with Gasteiger partial charge in [-0.2, -0.15) is 0 Å². The first kappa shape index (κ1) is 12.0. The predicted molar refractivity (Wildman–Crippen MR) is 67.6 cm³/mol. The summed E-state index contributed by atoms with van der Waals surface area (Å²) in [6, 6.07) is 0. The zero-order valence-corrected chi connectivity index (χ0v) is 11.6. The quantitative estimate of drug-likeness (QED) is 0.733. The molecular weight excluding hydrogens is 212 g/mol. The molecule has 0 aromatic rings. The molecule has 1 heterocycles. The van der Waals surface area contributed by atoms with Crippen molar-refractivity contribution >= 4 is 0 Å². The van der Waals surface area contributed by atoms with Crippen LogP contribution < -0.4 is 0 Å². The number of hydrogen-bond acceptors (Lipinski definition) is 2. The Hall–Kier alpha value is -0.0800. The van der Waals surface area contributed by atoms with Crippen molar-refractivity contribution in [2.45, 2.75) is 58.8 Å². The van der Waals surface area contributed by atoms with E-state index >= 15 is 0 Å². The van der Waals surface area contributed by atoms with E-state index in [2.05, 4.69) is 13.8 Å². The fourth-order valence-corrected chi connectivity index (χ4v) is 4.58. The van der Waals surface area contributed by atoms with Gasteiger partial charge < -0.3 is 9.47 Å². The first-order chi connectivity index (χ1) is 7.96. The molecule has 3 fully saturated rings. The van der Waals surface area contributed by atoms with Crippen LogP contribution in [0.5, 0.6) is 0 Å². The van der Waals surface area contributed by atoms with Crippen LogP contribution >= 0.6 is 0 Å². The summed E-state index contributed by atoms with van der Waals surface area (Å²) >= 11 is 0. The first-order valence-electron chi connectivity index (χ1n) is 7.28. The molecule has 6 unspecified atom stereocenters. The molecule has 0 aromatic heterocycles. The smallest absolute Gasteiger partial charge is 0.163 e. The Bertz CT molecular complexity index is 297. The van der Waals surface area contributed by atoms with E-state index in [1.54, 1.807) is 0 Å². The van der Waals surface area contributed by atoms with Crippen molar-refractivity contribution in [2.75, 3.05) is 6.61 Å². The molecule has 0 spiro atoms. The average Bonchev–Trinajstić information content (AvgIpc) is 2.86. The van der Waals surface area contributed by atoms with Crippen molar-refractivity contribution in [3.63, 3.8) is 0 Å². The Morgan fingerprint density at radius 1 is 1.12 bits per heavy atom. The van der Waals surface area contributed by atoms with Crippen molar-refractivity contribution in [3.05, 3.63) is 0 Å². The lowest BCUT2D eigenvalue weighted by Gasteiger charge is -2.33. The highest BCUT2D eigenvalue weighted by atomic mass is 16.7. The van der Waals surface area contributed by atoms with E-state index in [9.17, 15) is 0 Å². The Morgan fingerprint density at radius 2 is 1.88 bits per heavy atom. The molecular formula is C15H26O2. The lowest BCUT2D eigenvalue weighted by molar-refractivity contribution is -0.140. The maximum Gasteiger partial charge on any atom is 0.163 e. The summed E-state index contributed by atoms with van der Waals surface area (Å²) in [4.78, 5) is 0. The van der Waals surface area contributed by atoms with E-state index < -0.39 is 0 Å². The minimum Gasteiger partial charge on any atom is -0.348 e. The van der Waals surface area contributed by atoms with Gasteiger partial charge in [0, 0.05) is 0 Å². The summed E-state index contributed by atoms with van der Waals surface area (Å²) < 4.78 is 11.6. The Morgan fingerprint density at radius 3 is 2.41 bits per heavy atom. The Labute approximate surface area is 105 Å². The molecule has 98 valence electrons. The monoisotopic (exact) mass is 238 g/mol. The van der Waals surface area contributed by atoms with Crippen molar-refractivity contribution in [1.29, 1.82) is 0 Å². The zero-order chi connectivity index (χ0) is 12.2. The standard InChI is InChI=1S/C15H26O2/c1-9-10(2)14-7-11(9)5-12(14)6-13-8-16-15(3,4)17-13/h9-14H,5-8H2,1-4H3. The highest BCUT2D eigenvalue weighted by Gasteiger charge is 2.49. The van der Waals surface area contributed by atoms with Crippen LogP contribution in [0.3, 0.4) is 0 Å². The topological polar surface area (TPSA) is 18.5 Å². The number of rotatable bonds is 2. The molecule has 3 rings (SSSR count). The van der Waals surface area contributed by atoms with Gasteiger partial charge in [-0.25, -0.2) is 0 Å². The highest BCUT2D eigenvalue weighted by Crippen LogP contribution is 2.56. The molecule has 0 aromatic carbocycles. The second-order valence-corrected chi connectivity index (χ2v) is 7.06. The van der Waals surface area contributed by atoms with Crippen LogP contribution in [0, 0.1) is 29.6 Å². The molecule has 1 saturated heterocycles. The van der Waals surface area contributed by atoms with Crippen molar-refractivity contribution < 1.29 is 9.47 Å². The number of fused-ring (bicyclic) bond motifs is 2. The third-order valence-electron chi connectivity index (χ3n) is 5.67. The van der Waals surface area contributed by atoms with Gasteiger partial charge >= 0.3 is 0 Å². The van der Waals surface area contributed by atoms with Crippen LogP contribution in [0.2, 0.25) is 0 Å². The molecule has 2 nitrogen and oxygen atoms in total. The minimum absolute atomic E-state index is 0.344. The van der Waals surface area contributed by atoms with E-state index in [-0.39, 0.29) is 5.79 Å². The lowest BCUT2D eigenvalue weighted by atomic mass is 9.74. The van der Waals surface area contributed by atoms with Crippen LogP contribution in [-0.2, 0) is 9.47 Å². The third kappa shape index (κ3) is 2.04. The third-order valence-corrected chi connectivity index (χ3v) is 5.67. The molecule has 2 aliphatic carbocycles. The molecule has 3 aliphatic rings. The van der Waals surface area contributed by atoms with Gasteiger partial charge in [-0.05, 0) is 62.7 Å². The fraction of sp³-hybridized carbons (Fsp3) is 1.00. The molecule has 0 amide bonds.